The fourth-order valence-corrected chi connectivity index (χ4v) is 1.73. The topological polar surface area (TPSA) is 129 Å². The molecule has 0 radical (unpaired) electrons. The van der Waals surface area contributed by atoms with Gasteiger partial charge in [0, 0.05) is 26.0 Å². The van der Waals surface area contributed by atoms with Crippen molar-refractivity contribution in [1.82, 2.24) is 11.0 Å². The molecule has 0 saturated carbocycles. The maximum atomic E-state index is 12.3. The molecule has 28 heavy (non-hydrogen) atoms. The highest BCUT2D eigenvalue weighted by Gasteiger charge is 2.19. The zero-order valence-corrected chi connectivity index (χ0v) is 15.3. The molecule has 0 aromatic heterocycles. The van der Waals surface area contributed by atoms with Crippen LogP contribution in [0.4, 0.5) is 0 Å². The van der Waals surface area contributed by atoms with E-state index in [0.29, 0.717) is 0 Å². The molecule has 1 rings (SSSR count). The monoisotopic (exact) mass is 392 g/mol. The number of esters is 2. The van der Waals surface area contributed by atoms with Gasteiger partial charge in [0.05, 0.1) is 11.1 Å². The predicted octanol–water partition coefficient (Wildman–Crippen LogP) is 1.16. The summed E-state index contributed by atoms with van der Waals surface area (Å²) in [6, 6.07) is 5.80. The molecule has 0 aliphatic rings. The van der Waals surface area contributed by atoms with E-state index < -0.39 is 36.3 Å². The number of rotatable bonds is 10. The first-order valence-electron chi connectivity index (χ1n) is 7.95. The summed E-state index contributed by atoms with van der Waals surface area (Å²) >= 11 is 0. The van der Waals surface area contributed by atoms with Gasteiger partial charge in [0.2, 0.25) is 12.6 Å². The van der Waals surface area contributed by atoms with Crippen LogP contribution in [0.2, 0.25) is 0 Å². The lowest BCUT2D eigenvalue weighted by Gasteiger charge is -2.15. The van der Waals surface area contributed by atoms with Crippen LogP contribution >= 0.6 is 0 Å². The zero-order chi connectivity index (χ0) is 21.1. The second kappa shape index (κ2) is 11.3. The van der Waals surface area contributed by atoms with Crippen molar-refractivity contribution in [1.29, 1.82) is 0 Å². The Morgan fingerprint density at radius 2 is 1.18 bits per heavy atom. The highest BCUT2D eigenvalue weighted by atomic mass is 16.8. The van der Waals surface area contributed by atoms with Gasteiger partial charge < -0.3 is 9.47 Å². The van der Waals surface area contributed by atoms with E-state index in [4.69, 9.17) is 19.1 Å². The molecule has 10 heteroatoms. The van der Waals surface area contributed by atoms with Crippen LogP contribution in [0.3, 0.4) is 0 Å². The molecule has 2 unspecified atom stereocenters. The van der Waals surface area contributed by atoms with Gasteiger partial charge in [-0.2, -0.15) is 0 Å². The maximum Gasteiger partial charge on any atom is 0.332 e. The van der Waals surface area contributed by atoms with Crippen LogP contribution in [0.15, 0.2) is 49.6 Å². The lowest BCUT2D eigenvalue weighted by atomic mass is 10.1. The maximum absolute atomic E-state index is 12.3. The van der Waals surface area contributed by atoms with Crippen LogP contribution in [-0.4, -0.2) is 36.3 Å². The van der Waals surface area contributed by atoms with Crippen LogP contribution in [0, 0.1) is 0 Å². The minimum absolute atomic E-state index is 0.0402. The quantitative estimate of drug-likeness (QED) is 0.263. The fourth-order valence-electron chi connectivity index (χ4n) is 1.73. The van der Waals surface area contributed by atoms with Crippen molar-refractivity contribution in [2.24, 2.45) is 0 Å². The van der Waals surface area contributed by atoms with Crippen LogP contribution in [-0.2, 0) is 28.7 Å². The van der Waals surface area contributed by atoms with Crippen molar-refractivity contribution in [2.75, 3.05) is 0 Å². The first-order chi connectivity index (χ1) is 13.3. The van der Waals surface area contributed by atoms with Crippen LogP contribution < -0.4 is 11.0 Å². The van der Waals surface area contributed by atoms with E-state index in [1.54, 1.807) is 0 Å². The number of benzene rings is 1. The van der Waals surface area contributed by atoms with E-state index in [9.17, 15) is 19.2 Å². The number of ether oxygens (including phenoxy) is 2. The Hall–Kier alpha value is -3.50. The van der Waals surface area contributed by atoms with E-state index in [0.717, 1.165) is 12.2 Å². The number of hydrogen-bond acceptors (Lipinski definition) is 8. The molecule has 0 heterocycles. The fraction of sp³-hybridized carbons (Fsp3) is 0.222. The molecule has 2 amide bonds. The number of nitrogens with one attached hydrogen (secondary N) is 2. The molecule has 1 aromatic carbocycles. The number of carbonyl (C=O) groups excluding carboxylic acids is 4. The van der Waals surface area contributed by atoms with Gasteiger partial charge in [0.25, 0.3) is 11.8 Å². The predicted molar refractivity (Wildman–Crippen MR) is 95.0 cm³/mol. The Morgan fingerprint density at radius 1 is 0.821 bits per heavy atom. The summed E-state index contributed by atoms with van der Waals surface area (Å²) in [4.78, 5) is 56.4. The summed E-state index contributed by atoms with van der Waals surface area (Å²) in [7, 11) is 0. The van der Waals surface area contributed by atoms with Gasteiger partial charge in [-0.25, -0.2) is 30.2 Å². The molecule has 10 nitrogen and oxygen atoms in total. The van der Waals surface area contributed by atoms with Crippen LogP contribution in [0.5, 0.6) is 0 Å². The average Bonchev–Trinajstić information content (AvgIpc) is 2.69. The van der Waals surface area contributed by atoms with E-state index >= 15 is 0 Å². The van der Waals surface area contributed by atoms with E-state index in [1.165, 1.54) is 38.1 Å². The second-order valence-corrected chi connectivity index (χ2v) is 5.06. The number of carbonyl (C=O) groups is 4. The summed E-state index contributed by atoms with van der Waals surface area (Å²) in [6.45, 7) is 9.21. The van der Waals surface area contributed by atoms with Crippen LogP contribution in [0.25, 0.3) is 0 Å². The molecule has 1 aromatic rings. The molecule has 0 fully saturated rings. The van der Waals surface area contributed by atoms with Gasteiger partial charge in [0.1, 0.15) is 0 Å². The first kappa shape index (κ1) is 22.5. The van der Waals surface area contributed by atoms with Gasteiger partial charge in [-0.05, 0) is 12.1 Å². The number of hydroxylamine groups is 2. The molecule has 0 saturated heterocycles. The largest absolute Gasteiger partial charge is 0.431 e. The van der Waals surface area contributed by atoms with E-state index in [1.807, 2.05) is 0 Å². The summed E-state index contributed by atoms with van der Waals surface area (Å²) in [5.74, 6) is -2.99. The third kappa shape index (κ3) is 7.40. The molecule has 0 spiro atoms. The Kier molecular flexibility index (Phi) is 9.07. The first-order valence-corrected chi connectivity index (χ1v) is 7.95. The smallest absolute Gasteiger partial charge is 0.332 e. The van der Waals surface area contributed by atoms with E-state index in [2.05, 4.69) is 24.1 Å². The summed E-state index contributed by atoms with van der Waals surface area (Å²) in [5, 5.41) is 0. The highest BCUT2D eigenvalue weighted by molar-refractivity contribution is 6.06. The minimum Gasteiger partial charge on any atom is -0.431 e. The Bertz CT molecular complexity index is 699. The number of amides is 2. The van der Waals surface area contributed by atoms with Crippen molar-refractivity contribution in [3.8, 4) is 0 Å². The van der Waals surface area contributed by atoms with Gasteiger partial charge in [-0.15, -0.1) is 0 Å². The standard InChI is InChI=1S/C18H20N2O8/c1-5-15(21)25-11(3)27-19-17(23)13-9-7-8-10-14(13)18(24)20-28-12(4)26-16(22)6-2/h5-12H,1-2H2,3-4H3,(H,19,23)(H,20,24). The summed E-state index contributed by atoms with van der Waals surface area (Å²) < 4.78 is 9.46. The molecule has 0 aliphatic carbocycles. The summed E-state index contributed by atoms with van der Waals surface area (Å²) in [5.41, 5.74) is 4.06. The molecular weight excluding hydrogens is 372 g/mol. The van der Waals surface area contributed by atoms with Gasteiger partial charge >= 0.3 is 11.9 Å². The molecule has 0 aliphatic heterocycles. The second-order valence-electron chi connectivity index (χ2n) is 5.06. The third-order valence-electron chi connectivity index (χ3n) is 2.95. The highest BCUT2D eigenvalue weighted by Crippen LogP contribution is 2.09. The zero-order valence-electron chi connectivity index (χ0n) is 15.3. The molecule has 0 bridgehead atoms. The SMILES string of the molecule is C=CC(=O)OC(C)ONC(=O)c1ccccc1C(=O)NOC(C)OC(=O)C=C. The Balaban J connectivity index is 2.70. The lowest BCUT2D eigenvalue weighted by molar-refractivity contribution is -0.180. The molecule has 2 atom stereocenters. The molecular formula is C18H20N2O8. The Labute approximate surface area is 161 Å². The number of hydrogen-bond donors (Lipinski definition) is 2. The van der Waals surface area contributed by atoms with Crippen LogP contribution in [0.1, 0.15) is 34.6 Å². The average molecular weight is 392 g/mol. The van der Waals surface area contributed by atoms with Crippen molar-refractivity contribution < 1.29 is 38.3 Å². The van der Waals surface area contributed by atoms with Gasteiger partial charge in [-0.3, -0.25) is 9.59 Å². The Morgan fingerprint density at radius 3 is 1.50 bits per heavy atom. The van der Waals surface area contributed by atoms with E-state index in [-0.39, 0.29) is 11.1 Å². The third-order valence-corrected chi connectivity index (χ3v) is 2.95. The summed E-state index contributed by atoms with van der Waals surface area (Å²) in [6.07, 6.45) is -0.290. The van der Waals surface area contributed by atoms with Crippen molar-refractivity contribution in [3.05, 3.63) is 60.7 Å². The normalized spacial score (nSPS) is 12.1. The minimum atomic E-state index is -1.08. The molecule has 150 valence electrons. The van der Waals surface area contributed by atoms with Crippen molar-refractivity contribution in [2.45, 2.75) is 26.4 Å². The lowest BCUT2D eigenvalue weighted by Crippen LogP contribution is -2.34. The van der Waals surface area contributed by atoms with Crippen molar-refractivity contribution >= 4 is 23.8 Å². The van der Waals surface area contributed by atoms with Gasteiger partial charge in [-0.1, -0.05) is 25.3 Å². The van der Waals surface area contributed by atoms with Gasteiger partial charge in [0.15, 0.2) is 0 Å². The van der Waals surface area contributed by atoms with Crippen molar-refractivity contribution in [3.63, 3.8) is 0 Å². The molecule has 2 N–H and O–H groups in total.